The summed E-state index contributed by atoms with van der Waals surface area (Å²) < 4.78 is 25.9. The summed E-state index contributed by atoms with van der Waals surface area (Å²) in [5.41, 5.74) is 2.26. The first-order valence-electron chi connectivity index (χ1n) is 8.78. The molecule has 0 atom stereocenters. The smallest absolute Gasteiger partial charge is 0.183 e. The van der Waals surface area contributed by atoms with Crippen LogP contribution in [0.2, 0.25) is 0 Å². The third-order valence-electron chi connectivity index (χ3n) is 4.20. The second-order valence-corrected chi connectivity index (χ2v) is 9.51. The van der Waals surface area contributed by atoms with E-state index in [-0.39, 0.29) is 5.75 Å². The van der Waals surface area contributed by atoms with Crippen molar-refractivity contribution in [2.45, 2.75) is 23.1 Å². The average molecular weight is 395 g/mol. The molecule has 0 heterocycles. The molecule has 27 heavy (non-hydrogen) atoms. The maximum Gasteiger partial charge on any atom is 0.183 e. The van der Waals surface area contributed by atoms with Gasteiger partial charge in [-0.1, -0.05) is 84.1 Å². The highest BCUT2D eigenvalue weighted by Crippen LogP contribution is 2.32. The molecule has 0 amide bonds. The van der Waals surface area contributed by atoms with Gasteiger partial charge >= 0.3 is 0 Å². The van der Waals surface area contributed by atoms with Crippen LogP contribution < -0.4 is 0 Å². The van der Waals surface area contributed by atoms with Crippen LogP contribution in [-0.4, -0.2) is 14.2 Å². The summed E-state index contributed by atoms with van der Waals surface area (Å²) in [7, 11) is -3.40. The van der Waals surface area contributed by atoms with Gasteiger partial charge in [-0.05, 0) is 43.2 Å². The van der Waals surface area contributed by atoms with Gasteiger partial charge in [0.1, 0.15) is 0 Å². The van der Waals surface area contributed by atoms with Crippen molar-refractivity contribution in [3.05, 3.63) is 107 Å². The van der Waals surface area contributed by atoms with Crippen LogP contribution in [0.4, 0.5) is 0 Å². The molecule has 138 valence electrons. The topological polar surface area (TPSA) is 34.1 Å². The molecule has 4 heteroatoms. The van der Waals surface area contributed by atoms with Crippen molar-refractivity contribution in [3.63, 3.8) is 0 Å². The van der Waals surface area contributed by atoms with E-state index >= 15 is 0 Å². The van der Waals surface area contributed by atoms with Crippen molar-refractivity contribution < 1.29 is 8.42 Å². The fourth-order valence-corrected chi connectivity index (χ4v) is 5.61. The molecule has 3 aromatic carbocycles. The summed E-state index contributed by atoms with van der Waals surface area (Å²) >= 11 is 1.54. The van der Waals surface area contributed by atoms with Crippen molar-refractivity contribution in [1.82, 2.24) is 0 Å². The maximum atomic E-state index is 12.9. The Morgan fingerprint density at radius 3 is 1.89 bits per heavy atom. The Kier molecular flexibility index (Phi) is 6.54. The SMILES string of the molecule is C/C(Cc1ccccc1)=C(/CS(=O)(=O)c1ccccc1)Sc1ccccc1. The lowest BCUT2D eigenvalue weighted by Crippen LogP contribution is -2.09. The summed E-state index contributed by atoms with van der Waals surface area (Å²) in [4.78, 5) is 2.29. The van der Waals surface area contributed by atoms with Crippen LogP contribution in [0.15, 0.2) is 111 Å². The zero-order chi connectivity index (χ0) is 19.1. The molecule has 3 aromatic rings. The Morgan fingerprint density at radius 1 is 0.778 bits per heavy atom. The molecule has 0 aliphatic carbocycles. The Morgan fingerprint density at radius 2 is 1.30 bits per heavy atom. The molecule has 0 aliphatic rings. The van der Waals surface area contributed by atoms with E-state index in [2.05, 4.69) is 12.1 Å². The first-order valence-corrected chi connectivity index (χ1v) is 11.2. The second-order valence-electron chi connectivity index (χ2n) is 6.35. The Bertz CT molecular complexity index is 994. The van der Waals surface area contributed by atoms with E-state index in [1.54, 1.807) is 24.3 Å². The fourth-order valence-electron chi connectivity index (χ4n) is 2.75. The van der Waals surface area contributed by atoms with E-state index < -0.39 is 9.84 Å². The van der Waals surface area contributed by atoms with Crippen LogP contribution in [0.3, 0.4) is 0 Å². The van der Waals surface area contributed by atoms with Crippen LogP contribution >= 0.6 is 11.8 Å². The third-order valence-corrected chi connectivity index (χ3v) is 7.28. The van der Waals surface area contributed by atoms with Crippen molar-refractivity contribution >= 4 is 21.6 Å². The van der Waals surface area contributed by atoms with Gasteiger partial charge in [0.15, 0.2) is 9.84 Å². The average Bonchev–Trinajstić information content (AvgIpc) is 2.69. The lowest BCUT2D eigenvalue weighted by atomic mass is 10.1. The fraction of sp³-hybridized carbons (Fsp3) is 0.130. The van der Waals surface area contributed by atoms with Gasteiger partial charge in [0.25, 0.3) is 0 Å². The molecule has 0 saturated heterocycles. The number of thioether (sulfide) groups is 1. The van der Waals surface area contributed by atoms with Gasteiger partial charge in [0, 0.05) is 9.80 Å². The quantitative estimate of drug-likeness (QED) is 0.477. The Balaban J connectivity index is 1.93. The van der Waals surface area contributed by atoms with E-state index in [0.29, 0.717) is 4.90 Å². The van der Waals surface area contributed by atoms with Crippen molar-refractivity contribution in [3.8, 4) is 0 Å². The molecule has 0 fully saturated rings. The molecule has 0 saturated carbocycles. The molecule has 0 N–H and O–H groups in total. The van der Waals surface area contributed by atoms with Crippen LogP contribution in [0.1, 0.15) is 12.5 Å². The predicted octanol–water partition coefficient (Wildman–Crippen LogP) is 5.77. The van der Waals surface area contributed by atoms with E-state index in [4.69, 9.17) is 0 Å². The van der Waals surface area contributed by atoms with E-state index in [1.165, 1.54) is 17.3 Å². The maximum absolute atomic E-state index is 12.9. The van der Waals surface area contributed by atoms with Gasteiger partial charge in [-0.3, -0.25) is 0 Å². The lowest BCUT2D eigenvalue weighted by molar-refractivity contribution is 0.598. The van der Waals surface area contributed by atoms with Crippen molar-refractivity contribution in [2.75, 3.05) is 5.75 Å². The molecule has 0 spiro atoms. The Hall–Kier alpha value is -2.30. The molecular weight excluding hydrogens is 372 g/mol. The summed E-state index contributed by atoms with van der Waals surface area (Å²) in [6.07, 6.45) is 0.736. The Labute approximate surface area is 165 Å². The largest absolute Gasteiger partial charge is 0.223 e. The van der Waals surface area contributed by atoms with Gasteiger partial charge < -0.3 is 0 Å². The number of hydrogen-bond acceptors (Lipinski definition) is 3. The minimum Gasteiger partial charge on any atom is -0.223 e. The zero-order valence-electron chi connectivity index (χ0n) is 15.2. The molecule has 0 unspecified atom stereocenters. The lowest BCUT2D eigenvalue weighted by Gasteiger charge is -2.13. The number of allylic oxidation sites excluding steroid dienone is 1. The summed E-state index contributed by atoms with van der Waals surface area (Å²) in [6.45, 7) is 2.03. The van der Waals surface area contributed by atoms with Gasteiger partial charge in [0.2, 0.25) is 0 Å². The van der Waals surface area contributed by atoms with E-state index in [1.807, 2.05) is 61.5 Å². The van der Waals surface area contributed by atoms with Gasteiger partial charge in [-0.2, -0.15) is 0 Å². The first kappa shape index (κ1) is 19.5. The highest BCUT2D eigenvalue weighted by Gasteiger charge is 2.19. The monoisotopic (exact) mass is 394 g/mol. The highest BCUT2D eigenvalue weighted by atomic mass is 32.2. The predicted molar refractivity (Wildman–Crippen MR) is 114 cm³/mol. The highest BCUT2D eigenvalue weighted by molar-refractivity contribution is 8.04. The number of benzene rings is 3. The summed E-state index contributed by atoms with van der Waals surface area (Å²) in [5, 5.41) is 0. The molecule has 2 nitrogen and oxygen atoms in total. The molecule has 3 rings (SSSR count). The summed E-state index contributed by atoms with van der Waals surface area (Å²) in [5.74, 6) is 0.00917. The van der Waals surface area contributed by atoms with E-state index in [0.717, 1.165) is 21.8 Å². The molecule has 0 bridgehead atoms. The van der Waals surface area contributed by atoms with E-state index in [9.17, 15) is 8.42 Å². The van der Waals surface area contributed by atoms with Gasteiger partial charge in [-0.15, -0.1) is 0 Å². The molecule has 0 radical (unpaired) electrons. The minimum absolute atomic E-state index is 0.00917. The number of hydrogen-bond donors (Lipinski definition) is 0. The van der Waals surface area contributed by atoms with Crippen LogP contribution in [0, 0.1) is 0 Å². The standard InChI is InChI=1S/C23H22O2S2/c1-19(17-20-11-5-2-6-12-20)23(26-21-13-7-3-8-14-21)18-27(24,25)22-15-9-4-10-16-22/h2-16H,17-18H2,1H3/b23-19+. The third kappa shape index (κ3) is 5.59. The van der Waals surface area contributed by atoms with Crippen LogP contribution in [-0.2, 0) is 16.3 Å². The van der Waals surface area contributed by atoms with Gasteiger partial charge in [-0.25, -0.2) is 8.42 Å². The zero-order valence-corrected chi connectivity index (χ0v) is 16.8. The molecule has 0 aliphatic heterocycles. The van der Waals surface area contributed by atoms with Crippen molar-refractivity contribution in [1.29, 1.82) is 0 Å². The van der Waals surface area contributed by atoms with Gasteiger partial charge in [0.05, 0.1) is 10.6 Å². The van der Waals surface area contributed by atoms with Crippen molar-refractivity contribution in [2.24, 2.45) is 0 Å². The minimum atomic E-state index is -3.40. The second kappa shape index (κ2) is 9.07. The van der Waals surface area contributed by atoms with Crippen LogP contribution in [0.5, 0.6) is 0 Å². The molecule has 0 aromatic heterocycles. The van der Waals surface area contributed by atoms with Crippen LogP contribution in [0.25, 0.3) is 0 Å². The summed E-state index contributed by atoms with van der Waals surface area (Å²) in [6, 6.07) is 28.7. The number of sulfone groups is 1. The first-order chi connectivity index (χ1) is 13.0. The normalized spacial score (nSPS) is 12.5. The number of rotatable bonds is 7. The molecular formula is C23H22O2S2.